The van der Waals surface area contributed by atoms with Gasteiger partial charge in [0, 0.05) is 12.2 Å². The fourth-order valence-electron chi connectivity index (χ4n) is 2.26. The molecule has 1 aromatic heterocycles. The number of primary amides is 1. The van der Waals surface area contributed by atoms with Gasteiger partial charge < -0.3 is 16.0 Å². The number of carbonyl (C=O) groups is 2. The number of carbonyl (C=O) groups excluding carboxylic acids is 2. The van der Waals surface area contributed by atoms with Gasteiger partial charge in [-0.2, -0.15) is 0 Å². The van der Waals surface area contributed by atoms with Crippen LogP contribution in [-0.4, -0.2) is 27.5 Å². The number of rotatable bonds is 6. The van der Waals surface area contributed by atoms with E-state index in [1.54, 1.807) is 24.3 Å². The van der Waals surface area contributed by atoms with Crippen molar-refractivity contribution in [2.45, 2.75) is 11.6 Å². The molecule has 0 aliphatic rings. The molecule has 7 heteroatoms. The molecule has 3 rings (SSSR count). The average molecular weight is 340 g/mol. The first-order valence-electron chi connectivity index (χ1n) is 7.40. The molecule has 24 heavy (non-hydrogen) atoms. The van der Waals surface area contributed by atoms with E-state index in [1.165, 1.54) is 11.8 Å². The van der Waals surface area contributed by atoms with Crippen LogP contribution in [0.2, 0.25) is 0 Å². The summed E-state index contributed by atoms with van der Waals surface area (Å²) < 4.78 is 0. The Morgan fingerprint density at radius 1 is 1.12 bits per heavy atom. The summed E-state index contributed by atoms with van der Waals surface area (Å²) in [5.74, 6) is -0.167. The summed E-state index contributed by atoms with van der Waals surface area (Å²) in [6, 6.07) is 14.5. The van der Waals surface area contributed by atoms with E-state index in [0.717, 1.165) is 16.2 Å². The van der Waals surface area contributed by atoms with Crippen LogP contribution in [0, 0.1) is 0 Å². The second kappa shape index (κ2) is 7.18. The molecular weight excluding hydrogens is 324 g/mol. The van der Waals surface area contributed by atoms with E-state index < -0.39 is 5.91 Å². The standard InChI is InChI=1S/C17H16N4O2S/c18-16(23)11-5-1-2-6-12(11)19-15(22)9-10-24-17-20-13-7-3-4-8-14(13)21-17/h1-8H,9-10H2,(H2,18,23)(H,19,22)(H,20,21). The van der Waals surface area contributed by atoms with Gasteiger partial charge in [-0.1, -0.05) is 36.0 Å². The second-order valence-electron chi connectivity index (χ2n) is 5.12. The summed E-state index contributed by atoms with van der Waals surface area (Å²) in [5, 5.41) is 3.50. The number of nitrogens with two attached hydrogens (primary N) is 1. The number of thioether (sulfide) groups is 1. The van der Waals surface area contributed by atoms with Crippen LogP contribution in [0.5, 0.6) is 0 Å². The van der Waals surface area contributed by atoms with Gasteiger partial charge in [-0.3, -0.25) is 9.59 Å². The van der Waals surface area contributed by atoms with E-state index in [2.05, 4.69) is 15.3 Å². The topological polar surface area (TPSA) is 101 Å². The normalized spacial score (nSPS) is 10.7. The third-order valence-electron chi connectivity index (χ3n) is 3.40. The van der Waals surface area contributed by atoms with Crippen molar-refractivity contribution in [1.82, 2.24) is 9.97 Å². The monoisotopic (exact) mass is 340 g/mol. The number of benzene rings is 2. The van der Waals surface area contributed by atoms with Gasteiger partial charge in [0.05, 0.1) is 22.3 Å². The van der Waals surface area contributed by atoms with Crippen LogP contribution >= 0.6 is 11.8 Å². The third kappa shape index (κ3) is 3.75. The third-order valence-corrected chi connectivity index (χ3v) is 4.28. The highest BCUT2D eigenvalue weighted by Gasteiger charge is 2.10. The molecule has 6 nitrogen and oxygen atoms in total. The Labute approximate surface area is 142 Å². The number of H-pyrrole nitrogens is 1. The first-order valence-corrected chi connectivity index (χ1v) is 8.38. The number of imidazole rings is 1. The zero-order valence-corrected chi connectivity index (χ0v) is 13.6. The lowest BCUT2D eigenvalue weighted by atomic mass is 10.1. The zero-order valence-electron chi connectivity index (χ0n) is 12.8. The van der Waals surface area contributed by atoms with Crippen molar-refractivity contribution in [3.8, 4) is 0 Å². The molecule has 0 radical (unpaired) electrons. The van der Waals surface area contributed by atoms with Crippen LogP contribution in [0.15, 0.2) is 53.7 Å². The number of fused-ring (bicyclic) bond motifs is 1. The van der Waals surface area contributed by atoms with Crippen LogP contribution in [0.4, 0.5) is 5.69 Å². The molecule has 3 aromatic rings. The molecule has 0 bridgehead atoms. The van der Waals surface area contributed by atoms with E-state index in [9.17, 15) is 9.59 Å². The van der Waals surface area contributed by atoms with Crippen molar-refractivity contribution >= 4 is 40.3 Å². The molecule has 0 saturated carbocycles. The molecule has 2 aromatic carbocycles. The average Bonchev–Trinajstić information content (AvgIpc) is 2.97. The van der Waals surface area contributed by atoms with Gasteiger partial charge in [0.25, 0.3) is 5.91 Å². The van der Waals surface area contributed by atoms with Gasteiger partial charge in [-0.05, 0) is 24.3 Å². The molecule has 0 spiro atoms. The van der Waals surface area contributed by atoms with Crippen molar-refractivity contribution in [2.24, 2.45) is 5.73 Å². The van der Waals surface area contributed by atoms with Gasteiger partial charge >= 0.3 is 0 Å². The lowest BCUT2D eigenvalue weighted by Crippen LogP contribution is -2.18. The number of hydrogen-bond acceptors (Lipinski definition) is 4. The van der Waals surface area contributed by atoms with E-state index in [-0.39, 0.29) is 5.91 Å². The first kappa shape index (κ1) is 16.1. The lowest BCUT2D eigenvalue weighted by Gasteiger charge is -2.08. The highest BCUT2D eigenvalue weighted by Crippen LogP contribution is 2.20. The predicted octanol–water partition coefficient (Wildman–Crippen LogP) is 2.78. The van der Waals surface area contributed by atoms with Gasteiger partial charge in [0.15, 0.2) is 5.16 Å². The maximum Gasteiger partial charge on any atom is 0.250 e. The summed E-state index contributed by atoms with van der Waals surface area (Å²) in [5.41, 5.74) is 7.91. The molecule has 0 saturated heterocycles. The SMILES string of the molecule is NC(=O)c1ccccc1NC(=O)CCSc1nc2ccccc2[nH]1. The molecule has 0 aliphatic carbocycles. The number of para-hydroxylation sites is 3. The van der Waals surface area contributed by atoms with Crippen molar-refractivity contribution < 1.29 is 9.59 Å². The Morgan fingerprint density at radius 3 is 2.67 bits per heavy atom. The predicted molar refractivity (Wildman–Crippen MR) is 95.0 cm³/mol. The summed E-state index contributed by atoms with van der Waals surface area (Å²) in [7, 11) is 0. The molecule has 1 heterocycles. The minimum atomic E-state index is -0.567. The van der Waals surface area contributed by atoms with Crippen molar-refractivity contribution in [1.29, 1.82) is 0 Å². The Morgan fingerprint density at radius 2 is 1.88 bits per heavy atom. The lowest BCUT2D eigenvalue weighted by molar-refractivity contribution is -0.115. The Balaban J connectivity index is 1.55. The zero-order chi connectivity index (χ0) is 16.9. The molecule has 0 unspecified atom stereocenters. The maximum absolute atomic E-state index is 12.0. The van der Waals surface area contributed by atoms with Gasteiger partial charge in [0.2, 0.25) is 5.91 Å². The summed E-state index contributed by atoms with van der Waals surface area (Å²) in [4.78, 5) is 31.0. The summed E-state index contributed by atoms with van der Waals surface area (Å²) >= 11 is 1.48. The molecule has 4 N–H and O–H groups in total. The minimum absolute atomic E-state index is 0.174. The number of hydrogen-bond donors (Lipinski definition) is 3. The smallest absolute Gasteiger partial charge is 0.250 e. The summed E-state index contributed by atoms with van der Waals surface area (Å²) in [6.45, 7) is 0. The molecule has 0 fully saturated rings. The first-order chi connectivity index (χ1) is 11.6. The van der Waals surface area contributed by atoms with Crippen molar-refractivity contribution in [3.63, 3.8) is 0 Å². The molecule has 0 atom stereocenters. The molecular formula is C17H16N4O2S. The Kier molecular flexibility index (Phi) is 4.81. The number of anilines is 1. The van der Waals surface area contributed by atoms with E-state index in [0.29, 0.717) is 23.4 Å². The number of nitrogens with zero attached hydrogens (tertiary/aromatic N) is 1. The van der Waals surface area contributed by atoms with Gasteiger partial charge in [-0.25, -0.2) is 4.98 Å². The van der Waals surface area contributed by atoms with Crippen LogP contribution in [0.25, 0.3) is 11.0 Å². The fourth-order valence-corrected chi connectivity index (χ4v) is 3.08. The summed E-state index contributed by atoms with van der Waals surface area (Å²) in [6.07, 6.45) is 0.300. The van der Waals surface area contributed by atoms with Crippen LogP contribution < -0.4 is 11.1 Å². The number of nitrogens with one attached hydrogen (secondary N) is 2. The van der Waals surface area contributed by atoms with Gasteiger partial charge in [0.1, 0.15) is 0 Å². The molecule has 2 amide bonds. The Bertz CT molecular complexity index is 858. The number of aromatic amines is 1. The van der Waals surface area contributed by atoms with Crippen molar-refractivity contribution in [2.75, 3.05) is 11.1 Å². The van der Waals surface area contributed by atoms with Crippen LogP contribution in [0.1, 0.15) is 16.8 Å². The van der Waals surface area contributed by atoms with E-state index >= 15 is 0 Å². The highest BCUT2D eigenvalue weighted by atomic mass is 32.2. The number of aromatic nitrogens is 2. The molecule has 0 aliphatic heterocycles. The van der Waals surface area contributed by atoms with Crippen LogP contribution in [-0.2, 0) is 4.79 Å². The van der Waals surface area contributed by atoms with Gasteiger partial charge in [-0.15, -0.1) is 0 Å². The number of amides is 2. The largest absolute Gasteiger partial charge is 0.366 e. The Hall–Kier alpha value is -2.80. The maximum atomic E-state index is 12.0. The fraction of sp³-hybridized carbons (Fsp3) is 0.118. The van der Waals surface area contributed by atoms with Crippen molar-refractivity contribution in [3.05, 3.63) is 54.1 Å². The van der Waals surface area contributed by atoms with E-state index in [4.69, 9.17) is 5.73 Å². The van der Waals surface area contributed by atoms with Crippen LogP contribution in [0.3, 0.4) is 0 Å². The second-order valence-corrected chi connectivity index (χ2v) is 6.20. The quantitative estimate of drug-likeness (QED) is 0.601. The molecule has 122 valence electrons. The van der Waals surface area contributed by atoms with E-state index in [1.807, 2.05) is 24.3 Å². The minimum Gasteiger partial charge on any atom is -0.366 e. The highest BCUT2D eigenvalue weighted by molar-refractivity contribution is 7.99.